The quantitative estimate of drug-likeness (QED) is 0.895. The Morgan fingerprint density at radius 3 is 2.95 bits per heavy atom. The lowest BCUT2D eigenvalue weighted by Gasteiger charge is -2.36. The maximum atomic E-state index is 12.4. The molecule has 1 saturated heterocycles. The van der Waals surface area contributed by atoms with Gasteiger partial charge in [0.25, 0.3) is 5.91 Å². The molecule has 1 fully saturated rings. The minimum atomic E-state index is 0.0138. The Bertz CT molecular complexity index is 448. The van der Waals surface area contributed by atoms with Crippen LogP contribution in [0.2, 0.25) is 0 Å². The summed E-state index contributed by atoms with van der Waals surface area (Å²) >= 11 is 3.43. The topological polar surface area (TPSA) is 46.1 Å². The third-order valence-corrected chi connectivity index (χ3v) is 4.39. The van der Waals surface area contributed by atoms with Gasteiger partial charge in [-0.25, -0.2) is 0 Å². The van der Waals surface area contributed by atoms with Crippen molar-refractivity contribution in [2.45, 2.75) is 45.8 Å². The van der Waals surface area contributed by atoms with Gasteiger partial charge in [0.05, 0.1) is 0 Å². The first-order valence-electron chi connectivity index (χ1n) is 6.92. The molecular weight excluding hydrogens is 306 g/mol. The van der Waals surface area contributed by atoms with E-state index in [0.29, 0.717) is 12.0 Å². The minimum absolute atomic E-state index is 0.0138. The zero-order valence-electron chi connectivity index (χ0n) is 11.7. The Labute approximate surface area is 123 Å². The van der Waals surface area contributed by atoms with E-state index in [1.54, 1.807) is 0 Å². The van der Waals surface area contributed by atoms with Gasteiger partial charge in [0, 0.05) is 29.3 Å². The third-order valence-electron chi connectivity index (χ3n) is 3.95. The van der Waals surface area contributed by atoms with Crippen molar-refractivity contribution in [3.8, 4) is 0 Å². The summed E-state index contributed by atoms with van der Waals surface area (Å²) in [5.74, 6) is 0.522. The molecule has 0 radical (unpaired) electrons. The van der Waals surface area contributed by atoms with Gasteiger partial charge in [0.2, 0.25) is 0 Å². The lowest BCUT2D eigenvalue weighted by molar-refractivity contribution is 0.0888. The predicted octanol–water partition coefficient (Wildman–Crippen LogP) is 2.39. The molecule has 3 atom stereocenters. The largest absolute Gasteiger partial charge is 0.346 e. The molecule has 0 aromatic carbocycles. The molecule has 0 saturated carbocycles. The van der Waals surface area contributed by atoms with Crippen LogP contribution in [-0.2, 0) is 6.54 Å². The summed E-state index contributed by atoms with van der Waals surface area (Å²) in [7, 11) is 0. The SMILES string of the molecule is CCn1cc(Br)cc1C(=O)NC1C(C)CCNC1C. The average molecular weight is 328 g/mol. The first kappa shape index (κ1) is 14.6. The molecule has 0 spiro atoms. The van der Waals surface area contributed by atoms with Gasteiger partial charge >= 0.3 is 0 Å². The summed E-state index contributed by atoms with van der Waals surface area (Å²) in [5.41, 5.74) is 0.722. The van der Waals surface area contributed by atoms with Crippen LogP contribution in [0.3, 0.4) is 0 Å². The molecule has 0 bridgehead atoms. The second kappa shape index (κ2) is 6.09. The standard InChI is InChI=1S/C14H22BrN3O/c1-4-18-8-11(15)7-12(18)14(19)17-13-9(2)5-6-16-10(13)3/h7-10,13,16H,4-6H2,1-3H3,(H,17,19). The Hall–Kier alpha value is -0.810. The van der Waals surface area contributed by atoms with Crippen molar-refractivity contribution in [2.24, 2.45) is 5.92 Å². The molecular formula is C14H22BrN3O. The van der Waals surface area contributed by atoms with E-state index < -0.39 is 0 Å². The van der Waals surface area contributed by atoms with E-state index in [1.807, 2.05) is 23.8 Å². The molecule has 5 heteroatoms. The lowest BCUT2D eigenvalue weighted by atomic mass is 9.89. The van der Waals surface area contributed by atoms with E-state index >= 15 is 0 Å². The Balaban J connectivity index is 2.11. The number of carbonyl (C=O) groups excluding carboxylic acids is 1. The van der Waals surface area contributed by atoms with Crippen LogP contribution in [0.25, 0.3) is 0 Å². The van der Waals surface area contributed by atoms with E-state index in [9.17, 15) is 4.79 Å². The van der Waals surface area contributed by atoms with Crippen LogP contribution in [0.5, 0.6) is 0 Å². The van der Waals surface area contributed by atoms with E-state index in [2.05, 4.69) is 40.4 Å². The van der Waals surface area contributed by atoms with Gasteiger partial charge in [-0.1, -0.05) is 6.92 Å². The number of nitrogens with one attached hydrogen (secondary N) is 2. The van der Waals surface area contributed by atoms with Crippen LogP contribution < -0.4 is 10.6 Å². The highest BCUT2D eigenvalue weighted by molar-refractivity contribution is 9.10. The van der Waals surface area contributed by atoms with E-state index in [1.165, 1.54) is 0 Å². The summed E-state index contributed by atoms with van der Waals surface area (Å²) in [5, 5.41) is 6.60. The fourth-order valence-corrected chi connectivity index (χ4v) is 3.22. The van der Waals surface area contributed by atoms with Crippen LogP contribution >= 0.6 is 15.9 Å². The predicted molar refractivity (Wildman–Crippen MR) is 80.3 cm³/mol. The summed E-state index contributed by atoms with van der Waals surface area (Å²) in [6.07, 6.45) is 3.05. The van der Waals surface area contributed by atoms with Crippen LogP contribution in [0.4, 0.5) is 0 Å². The average Bonchev–Trinajstić information content (AvgIpc) is 2.75. The highest BCUT2D eigenvalue weighted by Gasteiger charge is 2.29. The van der Waals surface area contributed by atoms with Gasteiger partial charge in [-0.2, -0.15) is 0 Å². The molecule has 1 aliphatic heterocycles. The normalized spacial score (nSPS) is 27.3. The maximum Gasteiger partial charge on any atom is 0.268 e. The smallest absolute Gasteiger partial charge is 0.268 e. The number of amides is 1. The number of hydrogen-bond donors (Lipinski definition) is 2. The number of rotatable bonds is 3. The van der Waals surface area contributed by atoms with Crippen LogP contribution in [0.1, 0.15) is 37.7 Å². The van der Waals surface area contributed by atoms with Crippen molar-refractivity contribution in [1.82, 2.24) is 15.2 Å². The lowest BCUT2D eigenvalue weighted by Crippen LogP contribution is -2.56. The summed E-state index contributed by atoms with van der Waals surface area (Å²) in [6.45, 7) is 8.21. The zero-order valence-corrected chi connectivity index (χ0v) is 13.3. The Morgan fingerprint density at radius 1 is 1.58 bits per heavy atom. The van der Waals surface area contributed by atoms with E-state index in [0.717, 1.165) is 29.7 Å². The molecule has 19 heavy (non-hydrogen) atoms. The number of aryl methyl sites for hydroxylation is 1. The first-order valence-corrected chi connectivity index (χ1v) is 7.72. The fourth-order valence-electron chi connectivity index (χ4n) is 2.76. The van der Waals surface area contributed by atoms with Gasteiger partial charge in [-0.05, 0) is 54.7 Å². The minimum Gasteiger partial charge on any atom is -0.346 e. The van der Waals surface area contributed by atoms with Gasteiger partial charge in [0.1, 0.15) is 5.69 Å². The first-order chi connectivity index (χ1) is 9.02. The molecule has 106 valence electrons. The molecule has 2 N–H and O–H groups in total. The van der Waals surface area contributed by atoms with Crippen molar-refractivity contribution in [1.29, 1.82) is 0 Å². The molecule has 1 aliphatic rings. The van der Waals surface area contributed by atoms with Crippen LogP contribution in [0.15, 0.2) is 16.7 Å². The van der Waals surface area contributed by atoms with Crippen molar-refractivity contribution < 1.29 is 4.79 Å². The monoisotopic (exact) mass is 327 g/mol. The Kier molecular flexibility index (Phi) is 4.68. The Morgan fingerprint density at radius 2 is 2.32 bits per heavy atom. The number of halogens is 1. The third kappa shape index (κ3) is 3.20. The highest BCUT2D eigenvalue weighted by atomic mass is 79.9. The molecule has 0 aliphatic carbocycles. The van der Waals surface area contributed by atoms with E-state index in [-0.39, 0.29) is 11.9 Å². The number of piperidine rings is 1. The number of nitrogens with zero attached hydrogens (tertiary/aromatic N) is 1. The molecule has 4 nitrogen and oxygen atoms in total. The summed E-state index contributed by atoms with van der Waals surface area (Å²) < 4.78 is 2.91. The maximum absolute atomic E-state index is 12.4. The number of aromatic nitrogens is 1. The van der Waals surface area contributed by atoms with Crippen molar-refractivity contribution >= 4 is 21.8 Å². The van der Waals surface area contributed by atoms with E-state index in [4.69, 9.17) is 0 Å². The highest BCUT2D eigenvalue weighted by Crippen LogP contribution is 2.19. The molecule has 1 amide bonds. The van der Waals surface area contributed by atoms with Crippen molar-refractivity contribution in [3.05, 3.63) is 22.4 Å². The number of hydrogen-bond acceptors (Lipinski definition) is 2. The van der Waals surface area contributed by atoms with Gasteiger partial charge < -0.3 is 15.2 Å². The molecule has 2 rings (SSSR count). The van der Waals surface area contributed by atoms with Gasteiger partial charge in [-0.3, -0.25) is 4.79 Å². The summed E-state index contributed by atoms with van der Waals surface area (Å²) in [4.78, 5) is 12.4. The molecule has 1 aromatic rings. The number of carbonyl (C=O) groups is 1. The molecule has 2 heterocycles. The molecule has 3 unspecified atom stereocenters. The second-order valence-electron chi connectivity index (χ2n) is 5.34. The van der Waals surface area contributed by atoms with Crippen molar-refractivity contribution in [3.63, 3.8) is 0 Å². The molecule has 1 aromatic heterocycles. The van der Waals surface area contributed by atoms with Gasteiger partial charge in [0.15, 0.2) is 0 Å². The summed E-state index contributed by atoms with van der Waals surface area (Å²) in [6, 6.07) is 2.39. The van der Waals surface area contributed by atoms with Crippen LogP contribution in [0, 0.1) is 5.92 Å². The zero-order chi connectivity index (χ0) is 14.0. The second-order valence-corrected chi connectivity index (χ2v) is 6.25. The fraction of sp³-hybridized carbons (Fsp3) is 0.643. The van der Waals surface area contributed by atoms with Crippen LogP contribution in [-0.4, -0.2) is 29.1 Å². The van der Waals surface area contributed by atoms with Gasteiger partial charge in [-0.15, -0.1) is 0 Å². The van der Waals surface area contributed by atoms with Crippen molar-refractivity contribution in [2.75, 3.05) is 6.54 Å².